The molecule has 0 unspecified atom stereocenters. The Balaban J connectivity index is 2.50. The van der Waals surface area contributed by atoms with Gasteiger partial charge in [0, 0.05) is 13.5 Å². The summed E-state index contributed by atoms with van der Waals surface area (Å²) in [5, 5.41) is 2.76. The van der Waals surface area contributed by atoms with Crippen molar-refractivity contribution >= 4 is 5.91 Å². The molecule has 4 nitrogen and oxygen atoms in total. The van der Waals surface area contributed by atoms with Crippen molar-refractivity contribution in [2.45, 2.75) is 27.2 Å². The third-order valence-electron chi connectivity index (χ3n) is 1.94. The van der Waals surface area contributed by atoms with E-state index < -0.39 is 0 Å². The van der Waals surface area contributed by atoms with E-state index in [2.05, 4.69) is 10.3 Å². The maximum atomic E-state index is 11.6. The van der Waals surface area contributed by atoms with Gasteiger partial charge in [-0.2, -0.15) is 0 Å². The van der Waals surface area contributed by atoms with Crippen LogP contribution < -0.4 is 5.32 Å². The second-order valence-electron chi connectivity index (χ2n) is 3.26. The van der Waals surface area contributed by atoms with Gasteiger partial charge in [0.15, 0.2) is 5.89 Å². The van der Waals surface area contributed by atoms with Gasteiger partial charge in [-0.05, 0) is 20.3 Å². The highest BCUT2D eigenvalue weighted by molar-refractivity contribution is 5.92. The second-order valence-corrected chi connectivity index (χ2v) is 3.26. The lowest BCUT2D eigenvalue weighted by Gasteiger charge is -2.00. The lowest BCUT2D eigenvalue weighted by molar-refractivity contribution is 0.0924. The number of nitrogens with one attached hydrogen (secondary N) is 1. The van der Waals surface area contributed by atoms with E-state index in [1.807, 2.05) is 19.1 Å². The SMILES string of the molecule is C/C=C/CCNC(=O)c1oc(C)nc1C. The highest BCUT2D eigenvalue weighted by atomic mass is 16.4. The predicted octanol–water partition coefficient (Wildman–Crippen LogP) is 1.99. The molecule has 0 aliphatic rings. The molecular weight excluding hydrogens is 192 g/mol. The van der Waals surface area contributed by atoms with Gasteiger partial charge >= 0.3 is 0 Å². The first-order chi connectivity index (χ1) is 7.15. The number of carbonyl (C=O) groups is 1. The van der Waals surface area contributed by atoms with E-state index >= 15 is 0 Å². The highest BCUT2D eigenvalue weighted by Gasteiger charge is 2.14. The van der Waals surface area contributed by atoms with Gasteiger partial charge in [-0.1, -0.05) is 12.2 Å². The molecule has 0 bridgehead atoms. The van der Waals surface area contributed by atoms with Crippen LogP contribution in [-0.2, 0) is 0 Å². The number of carbonyl (C=O) groups excluding carboxylic acids is 1. The maximum Gasteiger partial charge on any atom is 0.289 e. The number of allylic oxidation sites excluding steroid dienone is 1. The zero-order valence-corrected chi connectivity index (χ0v) is 9.33. The van der Waals surface area contributed by atoms with Gasteiger partial charge in [-0.25, -0.2) is 4.98 Å². The Labute approximate surface area is 89.4 Å². The van der Waals surface area contributed by atoms with Crippen molar-refractivity contribution in [1.82, 2.24) is 10.3 Å². The lowest BCUT2D eigenvalue weighted by Crippen LogP contribution is -2.24. The molecule has 1 rings (SSSR count). The van der Waals surface area contributed by atoms with Gasteiger partial charge in [0.2, 0.25) is 5.76 Å². The quantitative estimate of drug-likeness (QED) is 0.608. The minimum atomic E-state index is -0.197. The fraction of sp³-hybridized carbons (Fsp3) is 0.455. The number of rotatable bonds is 4. The van der Waals surface area contributed by atoms with E-state index in [4.69, 9.17) is 4.42 Å². The smallest absolute Gasteiger partial charge is 0.289 e. The average molecular weight is 208 g/mol. The third kappa shape index (κ3) is 3.23. The minimum absolute atomic E-state index is 0.197. The summed E-state index contributed by atoms with van der Waals surface area (Å²) in [4.78, 5) is 15.6. The number of nitrogens with zero attached hydrogens (tertiary/aromatic N) is 1. The van der Waals surface area contributed by atoms with Crippen molar-refractivity contribution < 1.29 is 9.21 Å². The monoisotopic (exact) mass is 208 g/mol. The van der Waals surface area contributed by atoms with Crippen molar-refractivity contribution in [3.8, 4) is 0 Å². The second kappa shape index (κ2) is 5.34. The van der Waals surface area contributed by atoms with Crippen LogP contribution in [0.2, 0.25) is 0 Å². The molecule has 1 N–H and O–H groups in total. The Morgan fingerprint density at radius 1 is 1.53 bits per heavy atom. The summed E-state index contributed by atoms with van der Waals surface area (Å²) in [5.74, 6) is 0.636. The molecule has 1 amide bonds. The predicted molar refractivity (Wildman–Crippen MR) is 57.7 cm³/mol. The Hall–Kier alpha value is -1.58. The minimum Gasteiger partial charge on any atom is -0.436 e. The molecule has 0 aliphatic carbocycles. The van der Waals surface area contributed by atoms with Crippen LogP contribution in [0.15, 0.2) is 16.6 Å². The number of aryl methyl sites for hydroxylation is 2. The first-order valence-corrected chi connectivity index (χ1v) is 4.98. The van der Waals surface area contributed by atoms with Gasteiger partial charge in [0.1, 0.15) is 0 Å². The van der Waals surface area contributed by atoms with Crippen molar-refractivity contribution in [2.75, 3.05) is 6.54 Å². The topological polar surface area (TPSA) is 55.1 Å². The zero-order valence-electron chi connectivity index (χ0n) is 9.33. The van der Waals surface area contributed by atoms with Crippen LogP contribution in [0.1, 0.15) is 35.5 Å². The Morgan fingerprint density at radius 3 is 2.80 bits per heavy atom. The van der Waals surface area contributed by atoms with E-state index in [1.54, 1.807) is 13.8 Å². The van der Waals surface area contributed by atoms with Gasteiger partial charge in [0.05, 0.1) is 5.69 Å². The molecule has 0 radical (unpaired) electrons. The zero-order chi connectivity index (χ0) is 11.3. The van der Waals surface area contributed by atoms with Crippen LogP contribution in [0.25, 0.3) is 0 Å². The molecule has 15 heavy (non-hydrogen) atoms. The van der Waals surface area contributed by atoms with Crippen LogP contribution in [0.4, 0.5) is 0 Å². The highest BCUT2D eigenvalue weighted by Crippen LogP contribution is 2.08. The number of amides is 1. The molecule has 0 saturated carbocycles. The van der Waals surface area contributed by atoms with Crippen molar-refractivity contribution in [3.05, 3.63) is 29.5 Å². The first kappa shape index (κ1) is 11.5. The van der Waals surface area contributed by atoms with Crippen molar-refractivity contribution in [1.29, 1.82) is 0 Å². The van der Waals surface area contributed by atoms with E-state index in [0.29, 0.717) is 23.9 Å². The molecule has 1 aromatic rings. The van der Waals surface area contributed by atoms with Crippen LogP contribution in [0.5, 0.6) is 0 Å². The summed E-state index contributed by atoms with van der Waals surface area (Å²) >= 11 is 0. The first-order valence-electron chi connectivity index (χ1n) is 4.98. The van der Waals surface area contributed by atoms with Gasteiger partial charge in [-0.15, -0.1) is 0 Å². The van der Waals surface area contributed by atoms with Crippen LogP contribution in [0.3, 0.4) is 0 Å². The summed E-state index contributed by atoms with van der Waals surface area (Å²) in [6.07, 6.45) is 4.78. The van der Waals surface area contributed by atoms with E-state index in [1.165, 1.54) is 0 Å². The number of oxazole rings is 1. The molecule has 0 spiro atoms. The molecule has 1 heterocycles. The van der Waals surface area contributed by atoms with Crippen LogP contribution >= 0.6 is 0 Å². The van der Waals surface area contributed by atoms with Crippen molar-refractivity contribution in [3.63, 3.8) is 0 Å². The molecule has 0 fully saturated rings. The number of hydrogen-bond donors (Lipinski definition) is 1. The summed E-state index contributed by atoms with van der Waals surface area (Å²) in [6, 6.07) is 0. The Morgan fingerprint density at radius 2 is 2.27 bits per heavy atom. The molecule has 0 atom stereocenters. The van der Waals surface area contributed by atoms with Crippen LogP contribution in [0, 0.1) is 13.8 Å². The fourth-order valence-electron chi connectivity index (χ4n) is 1.26. The Kier molecular flexibility index (Phi) is 4.09. The standard InChI is InChI=1S/C11H16N2O2/c1-4-5-6-7-12-11(14)10-8(2)13-9(3)15-10/h4-5H,6-7H2,1-3H3,(H,12,14)/b5-4+. The summed E-state index contributed by atoms with van der Waals surface area (Å²) in [6.45, 7) is 6.05. The van der Waals surface area contributed by atoms with E-state index in [0.717, 1.165) is 6.42 Å². The van der Waals surface area contributed by atoms with Crippen molar-refractivity contribution in [2.24, 2.45) is 0 Å². The molecular formula is C11H16N2O2. The molecule has 82 valence electrons. The fourth-order valence-corrected chi connectivity index (χ4v) is 1.26. The van der Waals surface area contributed by atoms with Gasteiger partial charge < -0.3 is 9.73 Å². The largest absolute Gasteiger partial charge is 0.436 e. The van der Waals surface area contributed by atoms with Crippen LogP contribution in [-0.4, -0.2) is 17.4 Å². The molecule has 0 aromatic carbocycles. The Bertz CT molecular complexity index is 367. The van der Waals surface area contributed by atoms with E-state index in [9.17, 15) is 4.79 Å². The number of aromatic nitrogens is 1. The van der Waals surface area contributed by atoms with Gasteiger partial charge in [-0.3, -0.25) is 4.79 Å². The lowest BCUT2D eigenvalue weighted by atomic mass is 10.3. The van der Waals surface area contributed by atoms with Gasteiger partial charge in [0.25, 0.3) is 5.91 Å². The normalized spacial score (nSPS) is 10.9. The third-order valence-corrected chi connectivity index (χ3v) is 1.94. The average Bonchev–Trinajstić information content (AvgIpc) is 2.52. The molecule has 0 saturated heterocycles. The molecule has 4 heteroatoms. The molecule has 1 aromatic heterocycles. The summed E-state index contributed by atoms with van der Waals surface area (Å²) in [7, 11) is 0. The number of hydrogen-bond acceptors (Lipinski definition) is 3. The van der Waals surface area contributed by atoms with E-state index in [-0.39, 0.29) is 5.91 Å². The summed E-state index contributed by atoms with van der Waals surface area (Å²) in [5.41, 5.74) is 0.635. The maximum absolute atomic E-state index is 11.6. The summed E-state index contributed by atoms with van der Waals surface area (Å²) < 4.78 is 5.19. The molecule has 0 aliphatic heterocycles.